The van der Waals surface area contributed by atoms with Gasteiger partial charge in [0.25, 0.3) is 0 Å². The summed E-state index contributed by atoms with van der Waals surface area (Å²) in [7, 11) is 0. The van der Waals surface area contributed by atoms with Crippen molar-refractivity contribution in [1.82, 2.24) is 15.0 Å². The molecule has 1 amide bonds. The first-order valence-corrected chi connectivity index (χ1v) is 7.55. The molecular formula is C13H16N4O3S. The van der Waals surface area contributed by atoms with E-state index in [0.717, 1.165) is 11.6 Å². The number of rotatable bonds is 4. The summed E-state index contributed by atoms with van der Waals surface area (Å²) in [6, 6.07) is 1.69. The number of carbonyl (C=O) groups excluding carboxylic acids is 1. The van der Waals surface area contributed by atoms with E-state index in [4.69, 9.17) is 9.26 Å². The average Bonchev–Trinajstić information content (AvgIpc) is 3.11. The molecular weight excluding hydrogens is 292 g/mol. The predicted octanol–water partition coefficient (Wildman–Crippen LogP) is 1.45. The van der Waals surface area contributed by atoms with Gasteiger partial charge in [0.05, 0.1) is 13.2 Å². The number of anilines is 1. The molecule has 0 unspecified atom stereocenters. The summed E-state index contributed by atoms with van der Waals surface area (Å²) in [5, 5.41) is 9.35. The molecule has 1 fully saturated rings. The van der Waals surface area contributed by atoms with Crippen LogP contribution in [-0.2, 0) is 9.53 Å². The van der Waals surface area contributed by atoms with Crippen LogP contribution in [0.2, 0.25) is 0 Å². The van der Waals surface area contributed by atoms with Crippen molar-refractivity contribution in [2.24, 2.45) is 0 Å². The molecule has 8 heteroatoms. The zero-order valence-electron chi connectivity index (χ0n) is 11.6. The van der Waals surface area contributed by atoms with Crippen LogP contribution < -0.4 is 5.32 Å². The summed E-state index contributed by atoms with van der Waals surface area (Å²) < 4.78 is 10.6. The summed E-state index contributed by atoms with van der Waals surface area (Å²) in [6.07, 6.45) is 1.71. The van der Waals surface area contributed by atoms with Gasteiger partial charge in [0.1, 0.15) is 16.9 Å². The van der Waals surface area contributed by atoms with Crippen LogP contribution in [0.3, 0.4) is 0 Å². The van der Waals surface area contributed by atoms with E-state index in [2.05, 4.69) is 20.4 Å². The predicted molar refractivity (Wildman–Crippen MR) is 77.1 cm³/mol. The van der Waals surface area contributed by atoms with E-state index in [0.29, 0.717) is 31.3 Å². The topological polar surface area (TPSA) is 80.5 Å². The lowest BCUT2D eigenvalue weighted by Crippen LogP contribution is -2.42. The molecule has 112 valence electrons. The van der Waals surface area contributed by atoms with Gasteiger partial charge in [-0.05, 0) is 6.92 Å². The van der Waals surface area contributed by atoms with E-state index in [1.807, 2.05) is 5.38 Å². The Morgan fingerprint density at radius 3 is 3.24 bits per heavy atom. The Morgan fingerprint density at radius 1 is 1.62 bits per heavy atom. The van der Waals surface area contributed by atoms with Gasteiger partial charge in [-0.1, -0.05) is 5.16 Å². The van der Waals surface area contributed by atoms with Crippen molar-refractivity contribution in [3.63, 3.8) is 0 Å². The Labute approximate surface area is 125 Å². The number of nitrogens with one attached hydrogen (secondary N) is 1. The maximum Gasteiger partial charge on any atom is 0.239 e. The second-order valence-electron chi connectivity index (χ2n) is 4.84. The Kier molecular flexibility index (Phi) is 4.28. The fraction of sp³-hybridized carbons (Fsp3) is 0.462. The van der Waals surface area contributed by atoms with Crippen LogP contribution in [0.15, 0.2) is 22.2 Å². The van der Waals surface area contributed by atoms with Gasteiger partial charge in [-0.25, -0.2) is 4.98 Å². The number of hydrogen-bond acceptors (Lipinski definition) is 7. The molecule has 1 aliphatic rings. The molecule has 1 aliphatic heterocycles. The second kappa shape index (κ2) is 6.33. The highest BCUT2D eigenvalue weighted by Gasteiger charge is 2.25. The van der Waals surface area contributed by atoms with Gasteiger partial charge < -0.3 is 14.6 Å². The third kappa shape index (κ3) is 3.66. The molecule has 1 saturated heterocycles. The Bertz CT molecular complexity index is 598. The number of aryl methyl sites for hydroxylation is 1. The first kappa shape index (κ1) is 14.2. The van der Waals surface area contributed by atoms with Crippen LogP contribution in [0.25, 0.3) is 0 Å². The van der Waals surface area contributed by atoms with Crippen molar-refractivity contribution in [3.8, 4) is 0 Å². The number of morpholine rings is 1. The molecule has 2 aromatic heterocycles. The number of nitrogens with zero attached hydrogens (tertiary/aromatic N) is 3. The fourth-order valence-electron chi connectivity index (χ4n) is 2.20. The van der Waals surface area contributed by atoms with Gasteiger partial charge in [0.15, 0.2) is 5.82 Å². The molecule has 0 radical (unpaired) electrons. The normalized spacial score (nSPS) is 19.6. The van der Waals surface area contributed by atoms with E-state index in [-0.39, 0.29) is 12.0 Å². The molecule has 0 spiro atoms. The lowest BCUT2D eigenvalue weighted by atomic mass is 10.3. The molecule has 21 heavy (non-hydrogen) atoms. The van der Waals surface area contributed by atoms with Crippen LogP contribution in [0, 0.1) is 6.92 Å². The van der Waals surface area contributed by atoms with E-state index < -0.39 is 0 Å². The molecule has 0 aliphatic carbocycles. The van der Waals surface area contributed by atoms with Crippen molar-refractivity contribution in [1.29, 1.82) is 0 Å². The van der Waals surface area contributed by atoms with Gasteiger partial charge in [-0.15, -0.1) is 11.3 Å². The second-order valence-corrected chi connectivity index (χ2v) is 5.76. The third-order valence-corrected chi connectivity index (χ3v) is 4.01. The highest BCUT2D eigenvalue weighted by Crippen LogP contribution is 2.23. The Balaban J connectivity index is 1.53. The van der Waals surface area contributed by atoms with Crippen molar-refractivity contribution in [2.45, 2.75) is 13.0 Å². The van der Waals surface area contributed by atoms with Gasteiger partial charge in [0, 0.05) is 30.7 Å². The lowest BCUT2D eigenvalue weighted by Gasteiger charge is -2.31. The van der Waals surface area contributed by atoms with E-state index in [1.54, 1.807) is 30.5 Å². The first-order chi connectivity index (χ1) is 10.2. The van der Waals surface area contributed by atoms with Crippen molar-refractivity contribution in [3.05, 3.63) is 28.4 Å². The minimum atomic E-state index is -0.108. The summed E-state index contributed by atoms with van der Waals surface area (Å²) >= 11 is 1.57. The maximum absolute atomic E-state index is 12.0. The lowest BCUT2D eigenvalue weighted by molar-refractivity contribution is -0.119. The summed E-state index contributed by atoms with van der Waals surface area (Å²) in [6.45, 7) is 4.08. The number of carbonyl (C=O) groups is 1. The van der Waals surface area contributed by atoms with Crippen molar-refractivity contribution in [2.75, 3.05) is 31.6 Å². The van der Waals surface area contributed by atoms with Crippen LogP contribution in [0.4, 0.5) is 5.82 Å². The van der Waals surface area contributed by atoms with Gasteiger partial charge in [-0.2, -0.15) is 0 Å². The highest BCUT2D eigenvalue weighted by molar-refractivity contribution is 7.09. The minimum absolute atomic E-state index is 0.0548. The van der Waals surface area contributed by atoms with E-state index >= 15 is 0 Å². The number of hydrogen-bond donors (Lipinski definition) is 1. The third-order valence-electron chi connectivity index (χ3n) is 3.14. The van der Waals surface area contributed by atoms with Crippen LogP contribution in [0.5, 0.6) is 0 Å². The molecule has 2 aromatic rings. The number of amides is 1. The molecule has 0 bridgehead atoms. The van der Waals surface area contributed by atoms with Crippen LogP contribution in [0.1, 0.15) is 16.9 Å². The van der Waals surface area contributed by atoms with Gasteiger partial charge >= 0.3 is 0 Å². The van der Waals surface area contributed by atoms with E-state index in [9.17, 15) is 4.79 Å². The van der Waals surface area contributed by atoms with Crippen molar-refractivity contribution < 1.29 is 14.1 Å². The summed E-state index contributed by atoms with van der Waals surface area (Å²) in [4.78, 5) is 18.3. The molecule has 3 rings (SSSR count). The molecule has 0 saturated carbocycles. The Hall–Kier alpha value is -1.77. The quantitative estimate of drug-likeness (QED) is 0.921. The minimum Gasteiger partial charge on any atom is -0.368 e. The Morgan fingerprint density at radius 2 is 2.52 bits per heavy atom. The fourth-order valence-corrected chi connectivity index (χ4v) is 2.88. The smallest absolute Gasteiger partial charge is 0.239 e. The van der Waals surface area contributed by atoms with Gasteiger partial charge in [0.2, 0.25) is 5.91 Å². The van der Waals surface area contributed by atoms with Crippen LogP contribution >= 0.6 is 11.3 Å². The summed E-state index contributed by atoms with van der Waals surface area (Å²) in [5.74, 6) is 1.01. The number of ether oxygens (including phenoxy) is 1. The maximum atomic E-state index is 12.0. The first-order valence-electron chi connectivity index (χ1n) is 6.67. The zero-order chi connectivity index (χ0) is 14.7. The average molecular weight is 308 g/mol. The molecule has 1 N–H and O–H groups in total. The molecule has 0 aromatic carbocycles. The zero-order valence-corrected chi connectivity index (χ0v) is 12.4. The standard InChI is InChI=1S/C13H16N4O3S/c1-9-6-11(16-20-9)15-12(18)8-17-3-4-19-10(7-17)13-14-2-5-21-13/h2,5-6,10H,3-4,7-8H2,1H3,(H,15,16,18)/t10-/m0/s1. The highest BCUT2D eigenvalue weighted by atomic mass is 32.1. The van der Waals surface area contributed by atoms with Gasteiger partial charge in [-0.3, -0.25) is 9.69 Å². The number of thiazole rings is 1. The van der Waals surface area contributed by atoms with Crippen molar-refractivity contribution >= 4 is 23.1 Å². The molecule has 3 heterocycles. The van der Waals surface area contributed by atoms with Crippen LogP contribution in [-0.4, -0.2) is 47.2 Å². The largest absolute Gasteiger partial charge is 0.368 e. The monoisotopic (exact) mass is 308 g/mol. The molecule has 1 atom stereocenters. The number of aromatic nitrogens is 2. The molecule has 7 nitrogen and oxygen atoms in total. The summed E-state index contributed by atoms with van der Waals surface area (Å²) in [5.41, 5.74) is 0. The SMILES string of the molecule is Cc1cc(NC(=O)CN2CCO[C@H](c3nccs3)C2)no1. The van der Waals surface area contributed by atoms with E-state index in [1.165, 1.54) is 0 Å².